The van der Waals surface area contributed by atoms with E-state index in [2.05, 4.69) is 5.32 Å². The van der Waals surface area contributed by atoms with E-state index in [4.69, 9.17) is 11.6 Å². The molecule has 0 aliphatic heterocycles. The van der Waals surface area contributed by atoms with Gasteiger partial charge in [-0.2, -0.15) is 0 Å². The van der Waals surface area contributed by atoms with Crippen molar-refractivity contribution >= 4 is 40.7 Å². The molecule has 0 heterocycles. The number of carbonyl (C=O) groups excluding carboxylic acids is 2. The molecule has 0 fully saturated rings. The van der Waals surface area contributed by atoms with Crippen LogP contribution in [0.3, 0.4) is 0 Å². The van der Waals surface area contributed by atoms with Crippen LogP contribution in [-0.4, -0.2) is 23.8 Å². The summed E-state index contributed by atoms with van der Waals surface area (Å²) in [5.74, 6) is -0.286. The first-order valence-corrected chi connectivity index (χ1v) is 6.39. The highest BCUT2D eigenvalue weighted by molar-refractivity contribution is 7.98. The van der Waals surface area contributed by atoms with Gasteiger partial charge < -0.3 is 5.32 Å². The SMILES string of the molecule is CSc1cc(C(=O)CCl)ccc1NC(C)=O. The Morgan fingerprint density at radius 3 is 2.62 bits per heavy atom. The van der Waals surface area contributed by atoms with Gasteiger partial charge in [-0.3, -0.25) is 9.59 Å². The van der Waals surface area contributed by atoms with Gasteiger partial charge in [-0.15, -0.1) is 23.4 Å². The summed E-state index contributed by atoms with van der Waals surface area (Å²) in [7, 11) is 0. The average molecular weight is 258 g/mol. The molecular weight excluding hydrogens is 246 g/mol. The number of hydrogen-bond donors (Lipinski definition) is 1. The standard InChI is InChI=1S/C11H12ClNO2S/c1-7(14)13-9-4-3-8(10(15)6-12)5-11(9)16-2/h3-5H,6H2,1-2H3,(H,13,14). The van der Waals surface area contributed by atoms with E-state index in [0.29, 0.717) is 11.3 Å². The average Bonchev–Trinajstić information content (AvgIpc) is 2.27. The third-order valence-electron chi connectivity index (χ3n) is 1.96. The number of rotatable bonds is 4. The Morgan fingerprint density at radius 1 is 1.44 bits per heavy atom. The van der Waals surface area contributed by atoms with Crippen molar-refractivity contribution in [3.05, 3.63) is 23.8 Å². The summed E-state index contributed by atoms with van der Waals surface area (Å²) in [6.07, 6.45) is 1.88. The Hall–Kier alpha value is -1.00. The zero-order valence-electron chi connectivity index (χ0n) is 9.04. The maximum Gasteiger partial charge on any atom is 0.221 e. The van der Waals surface area contributed by atoms with Gasteiger partial charge in [0, 0.05) is 17.4 Å². The molecule has 1 rings (SSSR count). The van der Waals surface area contributed by atoms with Crippen LogP contribution in [0, 0.1) is 0 Å². The van der Waals surface area contributed by atoms with Crippen LogP contribution < -0.4 is 5.32 Å². The summed E-state index contributed by atoms with van der Waals surface area (Å²) in [4.78, 5) is 23.2. The van der Waals surface area contributed by atoms with Crippen molar-refractivity contribution < 1.29 is 9.59 Å². The molecule has 0 spiro atoms. The maximum atomic E-state index is 11.4. The zero-order valence-corrected chi connectivity index (χ0v) is 10.6. The van der Waals surface area contributed by atoms with Gasteiger partial charge in [0.05, 0.1) is 11.6 Å². The lowest BCUT2D eigenvalue weighted by molar-refractivity contribution is -0.114. The highest BCUT2D eigenvalue weighted by Crippen LogP contribution is 2.26. The molecule has 0 aliphatic rings. The normalized spacial score (nSPS) is 9.94. The van der Waals surface area contributed by atoms with Crippen LogP contribution in [0.5, 0.6) is 0 Å². The fraction of sp³-hybridized carbons (Fsp3) is 0.273. The minimum atomic E-state index is -0.133. The molecule has 1 aromatic rings. The Balaban J connectivity index is 3.06. The Labute approximate surface area is 104 Å². The smallest absolute Gasteiger partial charge is 0.221 e. The largest absolute Gasteiger partial charge is 0.325 e. The fourth-order valence-electron chi connectivity index (χ4n) is 1.23. The number of alkyl halides is 1. The van der Waals surface area contributed by atoms with E-state index in [-0.39, 0.29) is 17.6 Å². The summed E-state index contributed by atoms with van der Waals surface area (Å²) in [5, 5.41) is 2.70. The molecule has 0 saturated carbocycles. The fourth-order valence-corrected chi connectivity index (χ4v) is 1.97. The highest BCUT2D eigenvalue weighted by atomic mass is 35.5. The summed E-state index contributed by atoms with van der Waals surface area (Å²) in [6, 6.07) is 5.11. The van der Waals surface area contributed by atoms with Crippen molar-refractivity contribution in [1.82, 2.24) is 0 Å². The third-order valence-corrected chi connectivity index (χ3v) is 2.98. The molecule has 0 bridgehead atoms. The minimum Gasteiger partial charge on any atom is -0.325 e. The Bertz CT molecular complexity index is 420. The van der Waals surface area contributed by atoms with Crippen molar-refractivity contribution in [3.63, 3.8) is 0 Å². The predicted molar refractivity (Wildman–Crippen MR) is 67.6 cm³/mol. The molecule has 0 atom stereocenters. The molecule has 1 aromatic carbocycles. The van der Waals surface area contributed by atoms with Crippen LogP contribution in [0.1, 0.15) is 17.3 Å². The number of carbonyl (C=O) groups is 2. The van der Waals surface area contributed by atoms with Crippen molar-refractivity contribution in [2.24, 2.45) is 0 Å². The molecule has 3 nitrogen and oxygen atoms in total. The van der Waals surface area contributed by atoms with Gasteiger partial charge in [0.25, 0.3) is 0 Å². The molecule has 0 aromatic heterocycles. The van der Waals surface area contributed by atoms with Crippen LogP contribution in [0.2, 0.25) is 0 Å². The number of ketones is 1. The number of halogens is 1. The lowest BCUT2D eigenvalue weighted by Gasteiger charge is -2.09. The quantitative estimate of drug-likeness (QED) is 0.513. The first-order valence-electron chi connectivity index (χ1n) is 4.63. The number of hydrogen-bond acceptors (Lipinski definition) is 3. The number of amides is 1. The molecule has 86 valence electrons. The van der Waals surface area contributed by atoms with Gasteiger partial charge in [0.1, 0.15) is 0 Å². The molecule has 1 N–H and O–H groups in total. The summed E-state index contributed by atoms with van der Waals surface area (Å²) < 4.78 is 0. The van der Waals surface area contributed by atoms with E-state index in [1.54, 1.807) is 18.2 Å². The third kappa shape index (κ3) is 3.25. The summed E-state index contributed by atoms with van der Waals surface area (Å²) in [5.41, 5.74) is 1.28. The number of anilines is 1. The van der Waals surface area contributed by atoms with Crippen LogP contribution in [0.15, 0.2) is 23.1 Å². The number of Topliss-reactive ketones (excluding diaryl/α,β-unsaturated/α-hetero) is 1. The second-order valence-corrected chi connectivity index (χ2v) is 4.27. The van der Waals surface area contributed by atoms with Crippen molar-refractivity contribution in [2.45, 2.75) is 11.8 Å². The van der Waals surface area contributed by atoms with Crippen LogP contribution in [-0.2, 0) is 4.79 Å². The second-order valence-electron chi connectivity index (χ2n) is 3.15. The van der Waals surface area contributed by atoms with E-state index in [9.17, 15) is 9.59 Å². The van der Waals surface area contributed by atoms with E-state index in [1.807, 2.05) is 6.26 Å². The van der Waals surface area contributed by atoms with Crippen molar-refractivity contribution in [2.75, 3.05) is 17.5 Å². The second kappa shape index (κ2) is 5.92. The lowest BCUT2D eigenvalue weighted by Crippen LogP contribution is -2.08. The molecule has 1 amide bonds. The Kier molecular flexibility index (Phi) is 4.83. The minimum absolute atomic E-state index is 0.0344. The van der Waals surface area contributed by atoms with Crippen LogP contribution >= 0.6 is 23.4 Å². The molecule has 0 aliphatic carbocycles. The molecule has 5 heteroatoms. The van der Waals surface area contributed by atoms with Gasteiger partial charge in [-0.1, -0.05) is 0 Å². The van der Waals surface area contributed by atoms with Crippen LogP contribution in [0.25, 0.3) is 0 Å². The zero-order chi connectivity index (χ0) is 12.1. The van der Waals surface area contributed by atoms with E-state index in [0.717, 1.165) is 4.90 Å². The Morgan fingerprint density at radius 2 is 2.12 bits per heavy atom. The van der Waals surface area contributed by atoms with E-state index in [1.165, 1.54) is 18.7 Å². The van der Waals surface area contributed by atoms with E-state index < -0.39 is 0 Å². The van der Waals surface area contributed by atoms with E-state index >= 15 is 0 Å². The lowest BCUT2D eigenvalue weighted by atomic mass is 10.1. The molecule has 16 heavy (non-hydrogen) atoms. The number of benzene rings is 1. The van der Waals surface area contributed by atoms with Crippen molar-refractivity contribution in [1.29, 1.82) is 0 Å². The molecule has 0 radical (unpaired) electrons. The van der Waals surface area contributed by atoms with Crippen molar-refractivity contribution in [3.8, 4) is 0 Å². The summed E-state index contributed by atoms with van der Waals surface area (Å²) >= 11 is 6.95. The predicted octanol–water partition coefficient (Wildman–Crippen LogP) is 2.79. The van der Waals surface area contributed by atoms with Gasteiger partial charge in [0.2, 0.25) is 5.91 Å². The molecule has 0 unspecified atom stereocenters. The number of nitrogens with one attached hydrogen (secondary N) is 1. The topological polar surface area (TPSA) is 46.2 Å². The highest BCUT2D eigenvalue weighted by Gasteiger charge is 2.09. The van der Waals surface area contributed by atoms with Gasteiger partial charge >= 0.3 is 0 Å². The first kappa shape index (κ1) is 13.1. The van der Waals surface area contributed by atoms with Gasteiger partial charge in [-0.05, 0) is 24.5 Å². The van der Waals surface area contributed by atoms with Gasteiger partial charge in [-0.25, -0.2) is 0 Å². The maximum absolute atomic E-state index is 11.4. The first-order chi connectivity index (χ1) is 7.58. The molecule has 0 saturated heterocycles. The molecular formula is C11H12ClNO2S. The number of thioether (sulfide) groups is 1. The van der Waals surface area contributed by atoms with Crippen LogP contribution in [0.4, 0.5) is 5.69 Å². The summed E-state index contributed by atoms with van der Waals surface area (Å²) in [6.45, 7) is 1.45. The van der Waals surface area contributed by atoms with Gasteiger partial charge in [0.15, 0.2) is 5.78 Å². The monoisotopic (exact) mass is 257 g/mol.